The van der Waals surface area contributed by atoms with Crippen molar-refractivity contribution in [1.82, 2.24) is 0 Å². The van der Waals surface area contributed by atoms with Crippen LogP contribution in [-0.4, -0.2) is 3.90 Å². The average molecular weight is 445 g/mol. The Morgan fingerprint density at radius 1 is 1.40 bits per heavy atom. The molecule has 1 rings (SSSR count). The molecule has 0 aliphatic heterocycles. The first kappa shape index (κ1) is 15.7. The molecule has 1 unspecified atom stereocenters. The largest absolute Gasteiger partial charge is 0 e. The van der Waals surface area contributed by atoms with Crippen LogP contribution in [0, 0.1) is 19.8 Å². The molecule has 0 saturated carbocycles. The monoisotopic (exact) mass is 445 g/mol. The van der Waals surface area contributed by atoms with Gasteiger partial charge in [-0.3, -0.25) is 0 Å². The molecule has 0 aromatic heterocycles. The first-order valence-corrected chi connectivity index (χ1v) is 6.10. The molecule has 79 valence electrons. The Labute approximate surface area is 128 Å². The number of hydrogen-bond acceptors (Lipinski definition) is 0. The molecule has 1 N–H and O–H groups in total. The van der Waals surface area contributed by atoms with E-state index in [1.54, 1.807) is 0 Å². The van der Waals surface area contributed by atoms with Crippen molar-refractivity contribution < 1.29 is 52.1 Å². The van der Waals surface area contributed by atoms with E-state index in [0.29, 0.717) is 11.6 Å². The SMILES string of the molecule is [CH2-]CCC([CH2-])[C](=[W])c1ccccc1[NH-].[Y]. The zero-order chi connectivity index (χ0) is 10.6. The molecule has 1 radical (unpaired) electrons. The summed E-state index contributed by atoms with van der Waals surface area (Å²) in [6, 6.07) is 7.71. The van der Waals surface area contributed by atoms with Crippen LogP contribution in [0.4, 0.5) is 5.69 Å². The zero-order valence-corrected chi connectivity index (χ0v) is 14.5. The van der Waals surface area contributed by atoms with Gasteiger partial charge in [0.25, 0.3) is 0 Å². The summed E-state index contributed by atoms with van der Waals surface area (Å²) in [4.78, 5) is 0. The van der Waals surface area contributed by atoms with E-state index in [9.17, 15) is 0 Å². The van der Waals surface area contributed by atoms with Gasteiger partial charge in [-0.15, -0.1) is 0 Å². The molecule has 15 heavy (non-hydrogen) atoms. The van der Waals surface area contributed by atoms with Crippen LogP contribution in [-0.2, 0) is 52.1 Å². The minimum absolute atomic E-state index is 0. The predicted molar refractivity (Wildman–Crippen MR) is 58.0 cm³/mol. The molecule has 0 aliphatic carbocycles. The molecule has 1 aromatic rings. The van der Waals surface area contributed by atoms with Crippen LogP contribution in [0.2, 0.25) is 0 Å². The Morgan fingerprint density at radius 2 is 2.00 bits per heavy atom. The maximum Gasteiger partial charge on any atom is 0 e. The van der Waals surface area contributed by atoms with Crippen molar-refractivity contribution in [3.63, 3.8) is 0 Å². The van der Waals surface area contributed by atoms with E-state index in [1.165, 1.54) is 23.3 Å². The summed E-state index contributed by atoms with van der Waals surface area (Å²) in [5.41, 5.74) is 9.43. The molecule has 0 saturated heterocycles. The van der Waals surface area contributed by atoms with Crippen molar-refractivity contribution in [3.05, 3.63) is 49.4 Å². The van der Waals surface area contributed by atoms with E-state index in [4.69, 9.17) is 5.73 Å². The number of nitrogens with one attached hydrogen (secondary N) is 1. The second kappa shape index (κ2) is 7.87. The minimum Gasteiger partial charge on any atom is 0 e. The van der Waals surface area contributed by atoms with Gasteiger partial charge in [0, 0.05) is 32.7 Å². The number of rotatable bonds is 4. The quantitative estimate of drug-likeness (QED) is 0.635. The first-order valence-electron chi connectivity index (χ1n) is 4.64. The van der Waals surface area contributed by atoms with E-state index in [-0.39, 0.29) is 32.7 Å². The van der Waals surface area contributed by atoms with Crippen molar-refractivity contribution in [2.75, 3.05) is 0 Å². The molecule has 1 atom stereocenters. The van der Waals surface area contributed by atoms with E-state index in [1.807, 2.05) is 24.3 Å². The van der Waals surface area contributed by atoms with Gasteiger partial charge in [-0.05, 0) is 0 Å². The van der Waals surface area contributed by atoms with Crippen molar-refractivity contribution in [2.45, 2.75) is 12.8 Å². The second-order valence-corrected chi connectivity index (χ2v) is 4.83. The molecule has 0 aliphatic rings. The normalized spacial score (nSPS) is 11.6. The summed E-state index contributed by atoms with van der Waals surface area (Å²) in [6.45, 7) is 7.94. The fourth-order valence-corrected chi connectivity index (χ4v) is 2.36. The fraction of sp³-hybridized carbons (Fsp3) is 0.250. The van der Waals surface area contributed by atoms with Gasteiger partial charge in [0.05, 0.1) is 0 Å². The van der Waals surface area contributed by atoms with Gasteiger partial charge in [-0.2, -0.15) is 0 Å². The average Bonchev–Trinajstić information content (AvgIpc) is 2.18. The van der Waals surface area contributed by atoms with Crippen LogP contribution >= 0.6 is 0 Å². The summed E-state index contributed by atoms with van der Waals surface area (Å²) in [7, 11) is 0. The molecular formula is C12H14NWY-3. The summed E-state index contributed by atoms with van der Waals surface area (Å²) < 4.78 is 1.28. The van der Waals surface area contributed by atoms with Gasteiger partial charge < -0.3 is 0 Å². The molecule has 1 nitrogen and oxygen atoms in total. The van der Waals surface area contributed by atoms with Gasteiger partial charge in [0.15, 0.2) is 0 Å². The van der Waals surface area contributed by atoms with E-state index in [0.717, 1.165) is 18.4 Å². The van der Waals surface area contributed by atoms with Crippen molar-refractivity contribution >= 4 is 9.59 Å². The Balaban J connectivity index is 0.00000196. The standard InChI is InChI=1S/C12H14N.W.Y/c1-3-6-10(2)9-11-7-4-5-8-12(11)13;;/h4-5,7-8,10,13H,1-3,6H2;;/q-3;;. The molecule has 0 spiro atoms. The third kappa shape index (κ3) is 4.59. The number of hydrogen-bond donors (Lipinski definition) is 0. The van der Waals surface area contributed by atoms with Crippen molar-refractivity contribution in [2.24, 2.45) is 5.92 Å². The van der Waals surface area contributed by atoms with Gasteiger partial charge in [-0.1, -0.05) is 0 Å². The fourth-order valence-electron chi connectivity index (χ4n) is 1.30. The second-order valence-electron chi connectivity index (χ2n) is 3.25. The smallest absolute Gasteiger partial charge is 0 e. The van der Waals surface area contributed by atoms with Crippen LogP contribution in [0.5, 0.6) is 0 Å². The Hall–Kier alpha value is 0.682. The van der Waals surface area contributed by atoms with Crippen LogP contribution in [0.1, 0.15) is 18.4 Å². The van der Waals surface area contributed by atoms with E-state index >= 15 is 0 Å². The Kier molecular flexibility index (Phi) is 8.23. The van der Waals surface area contributed by atoms with E-state index < -0.39 is 0 Å². The van der Waals surface area contributed by atoms with E-state index in [2.05, 4.69) is 13.8 Å². The summed E-state index contributed by atoms with van der Waals surface area (Å²) in [5, 5.41) is 0. The molecule has 0 bridgehead atoms. The zero-order valence-electron chi connectivity index (χ0n) is 8.70. The number of benzene rings is 1. The Bertz CT molecular complexity index is 325. The third-order valence-electron chi connectivity index (χ3n) is 2.12. The summed E-state index contributed by atoms with van der Waals surface area (Å²) in [6.07, 6.45) is 1.91. The van der Waals surface area contributed by atoms with Gasteiger partial charge >= 0.3 is 97.1 Å². The maximum atomic E-state index is 7.78. The van der Waals surface area contributed by atoms with Crippen molar-refractivity contribution in [3.8, 4) is 0 Å². The molecule has 3 heteroatoms. The van der Waals surface area contributed by atoms with Crippen molar-refractivity contribution in [1.29, 1.82) is 0 Å². The first-order chi connectivity index (χ1) is 6.66. The van der Waals surface area contributed by atoms with Crippen LogP contribution in [0.15, 0.2) is 24.3 Å². The van der Waals surface area contributed by atoms with Gasteiger partial charge in [-0.25, -0.2) is 0 Å². The third-order valence-corrected chi connectivity index (χ3v) is 4.10. The van der Waals surface area contributed by atoms with Crippen LogP contribution in [0.3, 0.4) is 0 Å². The summed E-state index contributed by atoms with van der Waals surface area (Å²) >= 11 is 1.41. The minimum atomic E-state index is 0. The maximum absolute atomic E-state index is 7.78. The summed E-state index contributed by atoms with van der Waals surface area (Å²) in [5.74, 6) is 0.314. The molecule has 0 amide bonds. The molecule has 0 fully saturated rings. The topological polar surface area (TPSA) is 23.8 Å². The molecule has 1 aromatic carbocycles. The van der Waals surface area contributed by atoms with Gasteiger partial charge in [0.1, 0.15) is 0 Å². The van der Waals surface area contributed by atoms with Gasteiger partial charge in [0.2, 0.25) is 0 Å². The van der Waals surface area contributed by atoms with Crippen LogP contribution in [0.25, 0.3) is 5.73 Å². The Morgan fingerprint density at radius 3 is 2.53 bits per heavy atom. The van der Waals surface area contributed by atoms with Crippen LogP contribution < -0.4 is 0 Å². The predicted octanol–water partition coefficient (Wildman–Crippen LogP) is 3.50. The molecule has 0 heterocycles. The molecular weight excluding hydrogens is 431 g/mol.